The zero-order chi connectivity index (χ0) is 9.71. The summed E-state index contributed by atoms with van der Waals surface area (Å²) < 4.78 is 5.23. The van der Waals surface area contributed by atoms with E-state index in [-0.39, 0.29) is 17.6 Å². The van der Waals surface area contributed by atoms with Crippen LogP contribution in [0.4, 0.5) is 0 Å². The Labute approximate surface area is 82.2 Å². The van der Waals surface area contributed by atoms with Crippen molar-refractivity contribution in [3.8, 4) is 0 Å². The van der Waals surface area contributed by atoms with E-state index >= 15 is 0 Å². The fraction of sp³-hybridized carbons (Fsp3) is 0.800. The lowest BCUT2D eigenvalue weighted by atomic mass is 10.2. The van der Waals surface area contributed by atoms with Crippen LogP contribution in [0.3, 0.4) is 0 Å². The zero-order valence-electron chi connectivity index (χ0n) is 7.94. The molecular formula is C10H13NO3. The van der Waals surface area contributed by atoms with Gasteiger partial charge in [0.15, 0.2) is 5.78 Å². The Hall–Kier alpha value is -0.900. The van der Waals surface area contributed by atoms with Crippen molar-refractivity contribution < 1.29 is 14.3 Å². The van der Waals surface area contributed by atoms with E-state index in [1.54, 1.807) is 4.90 Å². The molecule has 0 aromatic carbocycles. The van der Waals surface area contributed by atoms with Gasteiger partial charge in [-0.15, -0.1) is 0 Å². The van der Waals surface area contributed by atoms with Gasteiger partial charge in [-0.25, -0.2) is 0 Å². The lowest BCUT2D eigenvalue weighted by molar-refractivity contribution is -0.134. The second kappa shape index (κ2) is 2.79. The number of Topliss-reactive ketones (excluding diaryl/α,β-unsaturated/α-hetero) is 1. The first-order valence-corrected chi connectivity index (χ1v) is 5.15. The lowest BCUT2D eigenvalue weighted by Gasteiger charge is -2.15. The number of carbonyl (C=O) groups is 2. The summed E-state index contributed by atoms with van der Waals surface area (Å²) in [5.74, 6) is 1.47. The van der Waals surface area contributed by atoms with Crippen LogP contribution in [-0.4, -0.2) is 42.9 Å². The van der Waals surface area contributed by atoms with Crippen molar-refractivity contribution in [3.05, 3.63) is 0 Å². The predicted octanol–water partition coefficient (Wildman–Crippen LogP) is -0.320. The van der Waals surface area contributed by atoms with Crippen molar-refractivity contribution in [3.63, 3.8) is 0 Å². The topological polar surface area (TPSA) is 46.6 Å². The van der Waals surface area contributed by atoms with Gasteiger partial charge in [-0.1, -0.05) is 0 Å². The van der Waals surface area contributed by atoms with Crippen LogP contribution in [0.2, 0.25) is 0 Å². The van der Waals surface area contributed by atoms with E-state index < -0.39 is 0 Å². The molecular weight excluding hydrogens is 182 g/mol. The monoisotopic (exact) mass is 195 g/mol. The largest absolute Gasteiger partial charge is 0.381 e. The Bertz CT molecular complexity index is 292. The molecule has 1 aliphatic carbocycles. The van der Waals surface area contributed by atoms with Gasteiger partial charge in [0, 0.05) is 18.9 Å². The normalized spacial score (nSPS) is 40.1. The van der Waals surface area contributed by atoms with Crippen molar-refractivity contribution >= 4 is 11.7 Å². The number of ketones is 1. The lowest BCUT2D eigenvalue weighted by Crippen LogP contribution is -2.32. The maximum Gasteiger partial charge on any atom is 0.226 e. The van der Waals surface area contributed by atoms with Crippen LogP contribution >= 0.6 is 0 Å². The molecule has 76 valence electrons. The fourth-order valence-electron chi connectivity index (χ4n) is 2.64. The number of carbonyl (C=O) groups excluding carboxylic acids is 2. The molecule has 2 aliphatic heterocycles. The molecule has 14 heavy (non-hydrogen) atoms. The highest BCUT2D eigenvalue weighted by molar-refractivity contribution is 5.91. The van der Waals surface area contributed by atoms with E-state index in [9.17, 15) is 9.59 Å². The second-order valence-electron chi connectivity index (χ2n) is 4.44. The summed E-state index contributed by atoms with van der Waals surface area (Å²) in [5.41, 5.74) is 0. The molecule has 2 saturated heterocycles. The SMILES string of the molecule is O=C1CCN(C(=O)C2C3COCC32)C1. The molecule has 3 fully saturated rings. The minimum atomic E-state index is 0.176. The maximum atomic E-state index is 11.9. The van der Waals surface area contributed by atoms with Gasteiger partial charge < -0.3 is 9.64 Å². The Morgan fingerprint density at radius 1 is 1.36 bits per heavy atom. The van der Waals surface area contributed by atoms with E-state index in [0.29, 0.717) is 31.3 Å². The van der Waals surface area contributed by atoms with Gasteiger partial charge >= 0.3 is 0 Å². The predicted molar refractivity (Wildman–Crippen MR) is 47.5 cm³/mol. The molecule has 3 rings (SSSR count). The summed E-state index contributed by atoms with van der Waals surface area (Å²) in [4.78, 5) is 24.6. The summed E-state index contributed by atoms with van der Waals surface area (Å²) in [6.45, 7) is 2.45. The number of fused-ring (bicyclic) bond motifs is 1. The average molecular weight is 195 g/mol. The van der Waals surface area contributed by atoms with Gasteiger partial charge in [0.05, 0.1) is 19.8 Å². The molecule has 0 aromatic rings. The average Bonchev–Trinajstić information content (AvgIpc) is 2.56. The van der Waals surface area contributed by atoms with Gasteiger partial charge in [0.2, 0.25) is 5.91 Å². The van der Waals surface area contributed by atoms with Crippen LogP contribution in [0.25, 0.3) is 0 Å². The fourth-order valence-corrected chi connectivity index (χ4v) is 2.64. The molecule has 2 atom stereocenters. The van der Waals surface area contributed by atoms with Gasteiger partial charge in [-0.05, 0) is 11.8 Å². The molecule has 0 spiro atoms. The third-order valence-corrected chi connectivity index (χ3v) is 3.58. The highest BCUT2D eigenvalue weighted by Crippen LogP contribution is 2.51. The van der Waals surface area contributed by atoms with Crippen LogP contribution in [0.5, 0.6) is 0 Å². The van der Waals surface area contributed by atoms with Gasteiger partial charge in [-0.2, -0.15) is 0 Å². The maximum absolute atomic E-state index is 11.9. The van der Waals surface area contributed by atoms with E-state index in [2.05, 4.69) is 0 Å². The van der Waals surface area contributed by atoms with Crippen molar-refractivity contribution in [2.24, 2.45) is 17.8 Å². The molecule has 2 heterocycles. The van der Waals surface area contributed by atoms with Crippen molar-refractivity contribution in [1.29, 1.82) is 0 Å². The van der Waals surface area contributed by atoms with Crippen LogP contribution in [0, 0.1) is 17.8 Å². The number of likely N-dealkylation sites (tertiary alicyclic amines) is 1. The van der Waals surface area contributed by atoms with Gasteiger partial charge in [-0.3, -0.25) is 9.59 Å². The highest BCUT2D eigenvalue weighted by Gasteiger charge is 2.59. The number of rotatable bonds is 1. The van der Waals surface area contributed by atoms with E-state index in [1.807, 2.05) is 0 Å². The molecule has 4 nitrogen and oxygen atoms in total. The minimum absolute atomic E-state index is 0.176. The Morgan fingerprint density at radius 3 is 2.64 bits per heavy atom. The Balaban J connectivity index is 1.64. The third-order valence-electron chi connectivity index (χ3n) is 3.58. The first kappa shape index (κ1) is 8.41. The van der Waals surface area contributed by atoms with Crippen LogP contribution in [0.1, 0.15) is 6.42 Å². The van der Waals surface area contributed by atoms with Crippen molar-refractivity contribution in [2.75, 3.05) is 26.3 Å². The minimum Gasteiger partial charge on any atom is -0.381 e. The van der Waals surface area contributed by atoms with Crippen molar-refractivity contribution in [1.82, 2.24) is 4.90 Å². The molecule has 3 aliphatic rings. The number of hydrogen-bond donors (Lipinski definition) is 0. The quantitative estimate of drug-likeness (QED) is 0.576. The smallest absolute Gasteiger partial charge is 0.226 e. The Kier molecular flexibility index (Phi) is 1.68. The van der Waals surface area contributed by atoms with Crippen LogP contribution in [-0.2, 0) is 14.3 Å². The Morgan fingerprint density at radius 2 is 2.07 bits per heavy atom. The van der Waals surface area contributed by atoms with Crippen LogP contribution < -0.4 is 0 Å². The van der Waals surface area contributed by atoms with Crippen LogP contribution in [0.15, 0.2) is 0 Å². The first-order chi connectivity index (χ1) is 6.77. The molecule has 1 amide bonds. The summed E-state index contributed by atoms with van der Waals surface area (Å²) in [7, 11) is 0. The summed E-state index contributed by atoms with van der Waals surface area (Å²) in [6, 6.07) is 0. The second-order valence-corrected chi connectivity index (χ2v) is 4.44. The van der Waals surface area contributed by atoms with Gasteiger partial charge in [0.25, 0.3) is 0 Å². The number of ether oxygens (including phenoxy) is 1. The summed E-state index contributed by atoms with van der Waals surface area (Å²) >= 11 is 0. The number of amides is 1. The number of nitrogens with zero attached hydrogens (tertiary/aromatic N) is 1. The standard InChI is InChI=1S/C10H13NO3/c12-6-1-2-11(3-6)10(13)9-7-4-14-5-8(7)9/h7-9H,1-5H2. The van der Waals surface area contributed by atoms with E-state index in [4.69, 9.17) is 4.74 Å². The molecule has 2 unspecified atom stereocenters. The number of hydrogen-bond acceptors (Lipinski definition) is 3. The van der Waals surface area contributed by atoms with Crippen molar-refractivity contribution in [2.45, 2.75) is 6.42 Å². The molecule has 0 bridgehead atoms. The molecule has 0 N–H and O–H groups in total. The molecule has 0 aromatic heterocycles. The third kappa shape index (κ3) is 1.10. The molecule has 4 heteroatoms. The first-order valence-electron chi connectivity index (χ1n) is 5.15. The van der Waals surface area contributed by atoms with E-state index in [0.717, 1.165) is 13.2 Å². The zero-order valence-corrected chi connectivity index (χ0v) is 7.94. The highest BCUT2D eigenvalue weighted by atomic mass is 16.5. The summed E-state index contributed by atoms with van der Waals surface area (Å²) in [5, 5.41) is 0. The molecule has 1 saturated carbocycles. The van der Waals surface area contributed by atoms with Gasteiger partial charge in [0.1, 0.15) is 0 Å². The molecule has 0 radical (unpaired) electrons. The van der Waals surface area contributed by atoms with E-state index in [1.165, 1.54) is 0 Å². The summed E-state index contributed by atoms with van der Waals surface area (Å²) in [6.07, 6.45) is 0.546.